The molecule has 14 rings (SSSR count). The number of benzene rings is 7. The molecule has 1 spiro atoms. The Morgan fingerprint density at radius 3 is 1.86 bits per heavy atom. The highest BCUT2D eigenvalue weighted by Gasteiger charge is 2.61. The van der Waals surface area contributed by atoms with Gasteiger partial charge >= 0.3 is 0 Å². The second-order valence-electron chi connectivity index (χ2n) is 18.8. The van der Waals surface area contributed by atoms with Crippen molar-refractivity contribution in [3.05, 3.63) is 191 Å². The van der Waals surface area contributed by atoms with E-state index in [9.17, 15) is 0 Å². The van der Waals surface area contributed by atoms with Crippen LogP contribution in [0.1, 0.15) is 90.8 Å². The quantitative estimate of drug-likeness (QED) is 0.157. The lowest BCUT2D eigenvalue weighted by Crippen LogP contribution is -2.55. The predicted molar refractivity (Wildman–Crippen MR) is 239 cm³/mol. The van der Waals surface area contributed by atoms with E-state index in [1.165, 1.54) is 113 Å². The van der Waals surface area contributed by atoms with Crippen molar-refractivity contribution in [1.82, 2.24) is 0 Å². The van der Waals surface area contributed by atoms with E-state index < -0.39 is 0 Å². The average molecular weight is 751 g/mol. The summed E-state index contributed by atoms with van der Waals surface area (Å²) in [6, 6.07) is 59.2. The molecule has 1 aromatic heterocycles. The maximum atomic E-state index is 2.70. The first kappa shape index (κ1) is 32.8. The normalized spacial score (nSPS) is 24.8. The number of fused-ring (bicyclic) bond motifs is 9. The highest BCUT2D eigenvalue weighted by molar-refractivity contribution is 7.25. The summed E-state index contributed by atoms with van der Waals surface area (Å²) in [4.78, 5) is 0. The Labute approximate surface area is 340 Å². The van der Waals surface area contributed by atoms with Gasteiger partial charge in [-0.3, -0.25) is 0 Å². The van der Waals surface area contributed by atoms with Crippen molar-refractivity contribution in [3.63, 3.8) is 0 Å². The predicted octanol–water partition coefficient (Wildman–Crippen LogP) is 14.9. The molecule has 4 saturated carbocycles. The van der Waals surface area contributed by atoms with Crippen LogP contribution in [0.4, 0.5) is 0 Å². The molecule has 57 heavy (non-hydrogen) atoms. The van der Waals surface area contributed by atoms with Gasteiger partial charge in [-0.15, -0.1) is 11.3 Å². The molecule has 6 aliphatic carbocycles. The van der Waals surface area contributed by atoms with E-state index in [1.54, 1.807) is 11.1 Å². The zero-order valence-corrected chi connectivity index (χ0v) is 33.6. The van der Waals surface area contributed by atoms with E-state index in [4.69, 9.17) is 0 Å². The fourth-order valence-corrected chi connectivity index (χ4v) is 15.1. The minimum Gasteiger partial charge on any atom is -0.135 e. The van der Waals surface area contributed by atoms with Crippen LogP contribution in [-0.4, -0.2) is 0 Å². The molecule has 1 atom stereocenters. The van der Waals surface area contributed by atoms with Crippen LogP contribution < -0.4 is 0 Å². The molecule has 8 aromatic rings. The second-order valence-corrected chi connectivity index (χ2v) is 19.8. The van der Waals surface area contributed by atoms with Gasteiger partial charge in [0.15, 0.2) is 0 Å². The van der Waals surface area contributed by atoms with E-state index in [1.807, 2.05) is 11.3 Å². The zero-order chi connectivity index (χ0) is 37.6. The molecule has 1 heteroatoms. The molecular weight excluding hydrogens is 705 g/mol. The van der Waals surface area contributed by atoms with Gasteiger partial charge in [-0.05, 0) is 146 Å². The Bertz CT molecular complexity index is 2940. The summed E-state index contributed by atoms with van der Waals surface area (Å²) in [6.45, 7) is 4.90. The van der Waals surface area contributed by atoms with Gasteiger partial charge in [0.1, 0.15) is 0 Å². The standard InChI is InChI=1S/C56H46S/c1-55(2)47-21-8-5-15-40(47)43-18-11-20-46(54(43)55)52(45-19-12-24-51-53(45)44-17-7-10-23-50(44)57-51)42-16-4-3-13-38(42)35-25-26-41-39-14-6-9-22-48(39)56(49(41)32-35)36-28-33-27-34(30-36)31-37(56)29-33/h3-26,32-34,36-37,52H,27-31H2,1-2H3. The maximum Gasteiger partial charge on any atom is 0.0358 e. The molecule has 0 radical (unpaired) electrons. The van der Waals surface area contributed by atoms with Crippen LogP contribution >= 0.6 is 11.3 Å². The van der Waals surface area contributed by atoms with E-state index in [2.05, 4.69) is 166 Å². The summed E-state index contributed by atoms with van der Waals surface area (Å²) in [5, 5.41) is 2.77. The minimum atomic E-state index is -0.133. The molecule has 0 N–H and O–H groups in total. The zero-order valence-electron chi connectivity index (χ0n) is 32.8. The van der Waals surface area contributed by atoms with Crippen molar-refractivity contribution in [3.8, 4) is 33.4 Å². The second kappa shape index (κ2) is 11.7. The SMILES string of the molecule is CC1(C)c2ccccc2-c2cccc(C(c3ccccc3-c3ccc4c(c3)C3(c5ccccc5-4)C4CC5CC(C4)CC3C5)c3cccc4sc5ccccc5c34)c21. The van der Waals surface area contributed by atoms with Crippen molar-refractivity contribution in [2.75, 3.05) is 0 Å². The lowest BCUT2D eigenvalue weighted by molar-refractivity contribution is -0.0399. The Hall–Kier alpha value is -5.24. The molecular formula is C56H46S. The molecule has 4 fully saturated rings. The van der Waals surface area contributed by atoms with Gasteiger partial charge in [0.05, 0.1) is 0 Å². The van der Waals surface area contributed by atoms with E-state index in [0.717, 1.165) is 23.7 Å². The van der Waals surface area contributed by atoms with Gasteiger partial charge in [0, 0.05) is 36.9 Å². The number of thiophene rings is 1. The van der Waals surface area contributed by atoms with Crippen LogP contribution in [0.2, 0.25) is 0 Å². The average Bonchev–Trinajstić information content (AvgIpc) is 3.85. The summed E-state index contributed by atoms with van der Waals surface area (Å²) in [5.41, 5.74) is 18.9. The van der Waals surface area contributed by atoms with Gasteiger partial charge in [0.2, 0.25) is 0 Å². The first-order chi connectivity index (χ1) is 28.0. The summed E-state index contributed by atoms with van der Waals surface area (Å²) < 4.78 is 2.72. The topological polar surface area (TPSA) is 0 Å². The Morgan fingerprint density at radius 2 is 1.05 bits per heavy atom. The van der Waals surface area contributed by atoms with E-state index in [0.29, 0.717) is 0 Å². The van der Waals surface area contributed by atoms with Gasteiger partial charge in [0.25, 0.3) is 0 Å². The van der Waals surface area contributed by atoms with E-state index in [-0.39, 0.29) is 16.7 Å². The molecule has 0 aliphatic heterocycles. The molecule has 1 unspecified atom stereocenters. The van der Waals surface area contributed by atoms with Crippen molar-refractivity contribution in [1.29, 1.82) is 0 Å². The third-order valence-corrected chi connectivity index (χ3v) is 16.9. The van der Waals surface area contributed by atoms with Crippen LogP contribution in [0.3, 0.4) is 0 Å². The molecule has 6 aliphatic rings. The molecule has 0 nitrogen and oxygen atoms in total. The highest BCUT2D eigenvalue weighted by Crippen LogP contribution is 2.69. The first-order valence-electron chi connectivity index (χ1n) is 21.5. The monoisotopic (exact) mass is 750 g/mol. The van der Waals surface area contributed by atoms with Crippen LogP contribution in [0, 0.1) is 23.7 Å². The fourth-order valence-electron chi connectivity index (χ4n) is 14.0. The molecule has 1 heterocycles. The van der Waals surface area contributed by atoms with Gasteiger partial charge in [-0.2, -0.15) is 0 Å². The Morgan fingerprint density at radius 1 is 0.474 bits per heavy atom. The van der Waals surface area contributed by atoms with Crippen LogP contribution in [0.25, 0.3) is 53.6 Å². The molecule has 0 saturated heterocycles. The molecule has 0 amide bonds. The van der Waals surface area contributed by atoms with Crippen molar-refractivity contribution in [2.24, 2.45) is 23.7 Å². The Balaban J connectivity index is 1.07. The maximum absolute atomic E-state index is 2.70. The van der Waals surface area contributed by atoms with Gasteiger partial charge in [-0.25, -0.2) is 0 Å². The highest BCUT2D eigenvalue weighted by atomic mass is 32.1. The Kier molecular flexibility index (Phi) is 6.72. The van der Waals surface area contributed by atoms with Gasteiger partial charge in [-0.1, -0.05) is 147 Å². The number of rotatable bonds is 4. The van der Waals surface area contributed by atoms with E-state index >= 15 is 0 Å². The number of hydrogen-bond donors (Lipinski definition) is 0. The third kappa shape index (κ3) is 4.29. The summed E-state index contributed by atoms with van der Waals surface area (Å²) in [6.07, 6.45) is 7.09. The molecule has 276 valence electrons. The third-order valence-electron chi connectivity index (χ3n) is 15.8. The molecule has 4 bridgehead atoms. The van der Waals surface area contributed by atoms with Crippen molar-refractivity contribution < 1.29 is 0 Å². The van der Waals surface area contributed by atoms with Gasteiger partial charge < -0.3 is 0 Å². The fraction of sp³-hybridized carbons (Fsp3) is 0.250. The molecule has 7 aromatic carbocycles. The smallest absolute Gasteiger partial charge is 0.0358 e. The lowest BCUT2D eigenvalue weighted by atomic mass is 9.43. The summed E-state index contributed by atoms with van der Waals surface area (Å²) >= 11 is 1.93. The summed E-state index contributed by atoms with van der Waals surface area (Å²) in [7, 11) is 0. The summed E-state index contributed by atoms with van der Waals surface area (Å²) in [5.74, 6) is 3.38. The number of hydrogen-bond acceptors (Lipinski definition) is 1. The lowest BCUT2D eigenvalue weighted by Gasteiger charge is -2.61. The van der Waals surface area contributed by atoms with Crippen molar-refractivity contribution >= 4 is 31.5 Å². The van der Waals surface area contributed by atoms with Crippen LogP contribution in [-0.2, 0) is 10.8 Å². The van der Waals surface area contributed by atoms with Crippen LogP contribution in [0.5, 0.6) is 0 Å². The minimum absolute atomic E-state index is 0.0343. The van der Waals surface area contributed by atoms with Crippen molar-refractivity contribution in [2.45, 2.75) is 62.7 Å². The van der Waals surface area contributed by atoms with Crippen LogP contribution in [0.15, 0.2) is 152 Å². The first-order valence-corrected chi connectivity index (χ1v) is 22.3. The largest absolute Gasteiger partial charge is 0.135 e.